The van der Waals surface area contributed by atoms with Gasteiger partial charge < -0.3 is 9.73 Å². The second-order valence-corrected chi connectivity index (χ2v) is 8.43. The van der Waals surface area contributed by atoms with Crippen LogP contribution in [0.25, 0.3) is 27.9 Å². The molecule has 5 nitrogen and oxygen atoms in total. The number of hydrogen-bond acceptors (Lipinski definition) is 4. The van der Waals surface area contributed by atoms with Gasteiger partial charge in [-0.1, -0.05) is 48.0 Å². The van der Waals surface area contributed by atoms with Crippen LogP contribution in [0.4, 0.5) is 5.69 Å². The minimum Gasteiger partial charge on any atom is -0.455 e. The van der Waals surface area contributed by atoms with Crippen LogP contribution in [-0.2, 0) is 0 Å². The van der Waals surface area contributed by atoms with Gasteiger partial charge in [-0.25, -0.2) is 4.98 Å². The highest BCUT2D eigenvalue weighted by atomic mass is 35.5. The van der Waals surface area contributed by atoms with Gasteiger partial charge in [0, 0.05) is 29.1 Å². The van der Waals surface area contributed by atoms with Crippen LogP contribution >= 0.6 is 11.6 Å². The average Bonchev–Trinajstić information content (AvgIpc) is 3.30. The van der Waals surface area contributed by atoms with Gasteiger partial charge in [0.05, 0.1) is 17.1 Å². The molecule has 5 rings (SSSR count). The van der Waals surface area contributed by atoms with Crippen molar-refractivity contribution in [1.82, 2.24) is 9.38 Å². The first-order valence-corrected chi connectivity index (χ1v) is 10.8. The number of aromatic nitrogens is 2. The van der Waals surface area contributed by atoms with Crippen LogP contribution in [-0.4, -0.2) is 9.38 Å². The van der Waals surface area contributed by atoms with E-state index in [0.29, 0.717) is 27.4 Å². The SMILES string of the molecule is Cc1cc([C@@H](C)Nc2ccc(Cl)n3ccnc23)c2oc(-c3ccccc3)c(C)c(=O)c2c1. The van der Waals surface area contributed by atoms with Gasteiger partial charge in [0.15, 0.2) is 11.1 Å². The molecule has 0 aliphatic carbocycles. The molecular weight excluding hydrogens is 422 g/mol. The van der Waals surface area contributed by atoms with E-state index < -0.39 is 0 Å². The molecule has 0 amide bonds. The number of nitrogens with one attached hydrogen (secondary N) is 1. The third-order valence-corrected chi connectivity index (χ3v) is 6.07. The molecular formula is C26H22ClN3O2. The number of halogens is 1. The first-order valence-electron chi connectivity index (χ1n) is 10.5. The highest BCUT2D eigenvalue weighted by Gasteiger charge is 2.19. The maximum atomic E-state index is 13.3. The van der Waals surface area contributed by atoms with Crippen LogP contribution in [0, 0.1) is 13.8 Å². The van der Waals surface area contributed by atoms with Gasteiger partial charge in [-0.3, -0.25) is 9.20 Å². The van der Waals surface area contributed by atoms with Crippen LogP contribution in [0.2, 0.25) is 5.15 Å². The Kier molecular flexibility index (Phi) is 4.98. The number of imidazole rings is 1. The van der Waals surface area contributed by atoms with Gasteiger partial charge in [-0.05, 0) is 44.5 Å². The lowest BCUT2D eigenvalue weighted by Crippen LogP contribution is -2.13. The van der Waals surface area contributed by atoms with Crippen molar-refractivity contribution in [3.63, 3.8) is 0 Å². The summed E-state index contributed by atoms with van der Waals surface area (Å²) in [5.74, 6) is 0.600. The largest absolute Gasteiger partial charge is 0.455 e. The van der Waals surface area contributed by atoms with Crippen molar-refractivity contribution >= 4 is 33.9 Å². The number of nitrogens with zero attached hydrogens (tertiary/aromatic N) is 2. The number of anilines is 1. The van der Waals surface area contributed by atoms with E-state index in [4.69, 9.17) is 16.0 Å². The molecule has 0 fully saturated rings. The van der Waals surface area contributed by atoms with Crippen molar-refractivity contribution in [1.29, 1.82) is 0 Å². The third-order valence-electron chi connectivity index (χ3n) is 5.77. The molecule has 5 aromatic rings. The summed E-state index contributed by atoms with van der Waals surface area (Å²) < 4.78 is 8.24. The van der Waals surface area contributed by atoms with Crippen LogP contribution in [0.15, 0.2) is 76.2 Å². The minimum absolute atomic E-state index is 0.00982. The van der Waals surface area contributed by atoms with E-state index in [1.807, 2.05) is 79.9 Å². The average molecular weight is 444 g/mol. The first-order chi connectivity index (χ1) is 15.4. The summed E-state index contributed by atoms with van der Waals surface area (Å²) in [7, 11) is 0. The van der Waals surface area contributed by atoms with Crippen LogP contribution in [0.3, 0.4) is 0 Å². The predicted molar refractivity (Wildman–Crippen MR) is 130 cm³/mol. The molecule has 6 heteroatoms. The zero-order valence-electron chi connectivity index (χ0n) is 18.0. The zero-order chi connectivity index (χ0) is 22.4. The topological polar surface area (TPSA) is 59.5 Å². The van der Waals surface area contributed by atoms with Gasteiger partial charge in [0.2, 0.25) is 0 Å². The zero-order valence-corrected chi connectivity index (χ0v) is 18.8. The van der Waals surface area contributed by atoms with E-state index in [1.54, 1.807) is 6.20 Å². The van der Waals surface area contributed by atoms with Crippen LogP contribution < -0.4 is 10.7 Å². The second-order valence-electron chi connectivity index (χ2n) is 8.04. The van der Waals surface area contributed by atoms with Crippen molar-refractivity contribution in [3.8, 4) is 11.3 Å². The summed E-state index contributed by atoms with van der Waals surface area (Å²) in [5, 5.41) is 4.70. The maximum Gasteiger partial charge on any atom is 0.196 e. The van der Waals surface area contributed by atoms with E-state index in [2.05, 4.69) is 16.4 Å². The molecule has 0 aliphatic rings. The van der Waals surface area contributed by atoms with E-state index in [9.17, 15) is 4.79 Å². The minimum atomic E-state index is -0.145. The van der Waals surface area contributed by atoms with Gasteiger partial charge in [-0.15, -0.1) is 0 Å². The molecule has 160 valence electrons. The van der Waals surface area contributed by atoms with Crippen molar-refractivity contribution < 1.29 is 4.42 Å². The molecule has 0 saturated heterocycles. The number of hydrogen-bond donors (Lipinski definition) is 1. The second kappa shape index (κ2) is 7.84. The van der Waals surface area contributed by atoms with E-state index in [0.717, 1.165) is 28.0 Å². The van der Waals surface area contributed by atoms with E-state index in [-0.39, 0.29) is 11.5 Å². The van der Waals surface area contributed by atoms with E-state index in [1.165, 1.54) is 0 Å². The fourth-order valence-corrected chi connectivity index (χ4v) is 4.36. The van der Waals surface area contributed by atoms with Crippen LogP contribution in [0.1, 0.15) is 29.7 Å². The fraction of sp³-hybridized carbons (Fsp3) is 0.154. The molecule has 0 bridgehead atoms. The van der Waals surface area contributed by atoms with Gasteiger partial charge >= 0.3 is 0 Å². The molecule has 0 spiro atoms. The van der Waals surface area contributed by atoms with Crippen LogP contribution in [0.5, 0.6) is 0 Å². The molecule has 3 aromatic heterocycles. The highest BCUT2D eigenvalue weighted by Crippen LogP contribution is 2.33. The lowest BCUT2D eigenvalue weighted by Gasteiger charge is -2.19. The summed E-state index contributed by atoms with van der Waals surface area (Å²) in [4.78, 5) is 17.7. The van der Waals surface area contributed by atoms with Crippen molar-refractivity contribution in [3.05, 3.63) is 99.1 Å². The third kappa shape index (κ3) is 3.35. The summed E-state index contributed by atoms with van der Waals surface area (Å²) >= 11 is 6.28. The fourth-order valence-electron chi connectivity index (χ4n) is 4.16. The Hall–Kier alpha value is -3.57. The summed E-state index contributed by atoms with van der Waals surface area (Å²) in [6, 6.07) is 17.3. The molecule has 1 N–H and O–H groups in total. The smallest absolute Gasteiger partial charge is 0.196 e. The highest BCUT2D eigenvalue weighted by molar-refractivity contribution is 6.29. The Labute approximate surface area is 190 Å². The summed E-state index contributed by atoms with van der Waals surface area (Å²) in [6.45, 7) is 5.86. The number of aryl methyl sites for hydroxylation is 1. The predicted octanol–water partition coefficient (Wildman–Crippen LogP) is 6.55. The van der Waals surface area contributed by atoms with Crippen molar-refractivity contribution in [2.24, 2.45) is 0 Å². The molecule has 0 radical (unpaired) electrons. The lowest BCUT2D eigenvalue weighted by molar-refractivity contribution is 0.605. The number of pyridine rings is 1. The Bertz CT molecular complexity index is 1520. The van der Waals surface area contributed by atoms with Crippen molar-refractivity contribution in [2.45, 2.75) is 26.8 Å². The number of benzene rings is 2. The number of rotatable bonds is 4. The van der Waals surface area contributed by atoms with E-state index >= 15 is 0 Å². The Morgan fingerprint density at radius 1 is 1.09 bits per heavy atom. The summed E-state index contributed by atoms with van der Waals surface area (Å²) in [5.41, 5.74) is 5.58. The molecule has 0 saturated carbocycles. The maximum absolute atomic E-state index is 13.3. The van der Waals surface area contributed by atoms with Gasteiger partial charge in [-0.2, -0.15) is 0 Å². The molecule has 0 unspecified atom stereocenters. The quantitative estimate of drug-likeness (QED) is 0.320. The molecule has 32 heavy (non-hydrogen) atoms. The van der Waals surface area contributed by atoms with Gasteiger partial charge in [0.1, 0.15) is 16.5 Å². The standard InChI is InChI=1S/C26H22ClN3O2/c1-15-13-19(17(3)29-21-9-10-22(27)30-12-11-28-26(21)30)25-20(14-15)23(31)16(2)24(32-25)18-7-5-4-6-8-18/h4-14,17,29H,1-3H3/t17-/m1/s1. The Morgan fingerprint density at radius 2 is 1.88 bits per heavy atom. The molecule has 3 heterocycles. The first kappa shape index (κ1) is 20.3. The van der Waals surface area contributed by atoms with Gasteiger partial charge in [0.25, 0.3) is 0 Å². The Balaban J connectivity index is 1.67. The normalized spacial score (nSPS) is 12.4. The molecule has 0 aliphatic heterocycles. The monoisotopic (exact) mass is 443 g/mol. The molecule has 1 atom stereocenters. The van der Waals surface area contributed by atoms with Crippen molar-refractivity contribution in [2.75, 3.05) is 5.32 Å². The summed E-state index contributed by atoms with van der Waals surface area (Å²) in [6.07, 6.45) is 3.54. The molecule has 2 aromatic carbocycles. The Morgan fingerprint density at radius 3 is 2.66 bits per heavy atom. The lowest BCUT2D eigenvalue weighted by atomic mass is 9.99. The number of fused-ring (bicyclic) bond motifs is 2.